The Labute approximate surface area is 193 Å². The predicted octanol–water partition coefficient (Wildman–Crippen LogP) is 3.29. The molecular weight excluding hydrogens is 418 g/mol. The van der Waals surface area contributed by atoms with Crippen LogP contribution in [0.1, 0.15) is 13.8 Å². The largest absolute Gasteiger partial charge is 0.497 e. The highest BCUT2D eigenvalue weighted by Crippen LogP contribution is 2.27. The fourth-order valence-corrected chi connectivity index (χ4v) is 3.73. The number of carbonyl (C=O) groups is 1. The van der Waals surface area contributed by atoms with E-state index in [0.717, 1.165) is 28.0 Å². The second kappa shape index (κ2) is 9.72. The number of allylic oxidation sites excluding steroid dienone is 3. The molecule has 2 aromatic heterocycles. The maximum Gasteiger partial charge on any atom is 0.249 e. The van der Waals surface area contributed by atoms with Crippen LogP contribution in [0.25, 0.3) is 11.0 Å². The van der Waals surface area contributed by atoms with Gasteiger partial charge in [0.15, 0.2) is 5.65 Å². The summed E-state index contributed by atoms with van der Waals surface area (Å²) in [6, 6.07) is 7.68. The van der Waals surface area contributed by atoms with Crippen LogP contribution < -0.4 is 15.0 Å². The van der Waals surface area contributed by atoms with Crippen molar-refractivity contribution in [2.75, 3.05) is 43.5 Å². The van der Waals surface area contributed by atoms with Gasteiger partial charge in [0.05, 0.1) is 18.7 Å². The molecule has 0 saturated carbocycles. The molecule has 172 valence electrons. The first-order valence-electron chi connectivity index (χ1n) is 10.9. The quantitative estimate of drug-likeness (QED) is 0.458. The smallest absolute Gasteiger partial charge is 0.249 e. The Morgan fingerprint density at radius 2 is 1.85 bits per heavy atom. The van der Waals surface area contributed by atoms with Crippen molar-refractivity contribution in [3.8, 4) is 5.75 Å². The van der Waals surface area contributed by atoms with Gasteiger partial charge in [-0.25, -0.2) is 0 Å². The molecule has 33 heavy (non-hydrogen) atoms. The molecule has 1 amide bonds. The van der Waals surface area contributed by atoms with Crippen LogP contribution in [0, 0.1) is 0 Å². The molecule has 4 rings (SSSR count). The van der Waals surface area contributed by atoms with Crippen molar-refractivity contribution in [3.05, 3.63) is 54.3 Å². The fourth-order valence-electron chi connectivity index (χ4n) is 3.73. The molecule has 0 spiro atoms. The molecule has 1 N–H and O–H groups in total. The molecule has 0 aliphatic carbocycles. The van der Waals surface area contributed by atoms with Crippen molar-refractivity contribution < 1.29 is 9.53 Å². The van der Waals surface area contributed by atoms with E-state index in [0.29, 0.717) is 37.9 Å². The summed E-state index contributed by atoms with van der Waals surface area (Å²) in [5.41, 5.74) is 2.38. The summed E-state index contributed by atoms with van der Waals surface area (Å²) in [6.07, 6.45) is 7.42. The predicted molar refractivity (Wildman–Crippen MR) is 130 cm³/mol. The number of fused-ring (bicyclic) bond motifs is 1. The monoisotopic (exact) mass is 447 g/mol. The summed E-state index contributed by atoms with van der Waals surface area (Å²) < 4.78 is 6.99. The van der Waals surface area contributed by atoms with Crippen molar-refractivity contribution in [1.82, 2.24) is 24.6 Å². The molecule has 9 nitrogen and oxygen atoms in total. The zero-order chi connectivity index (χ0) is 23.4. The summed E-state index contributed by atoms with van der Waals surface area (Å²) in [6.45, 7) is 6.35. The highest BCUT2D eigenvalue weighted by atomic mass is 16.5. The molecule has 1 aromatic carbocycles. The van der Waals surface area contributed by atoms with Crippen LogP contribution in [-0.2, 0) is 11.8 Å². The van der Waals surface area contributed by atoms with Gasteiger partial charge in [-0.15, -0.1) is 0 Å². The number of hydrogen-bond donors (Lipinski definition) is 1. The van der Waals surface area contributed by atoms with Crippen molar-refractivity contribution >= 4 is 34.4 Å². The van der Waals surface area contributed by atoms with Gasteiger partial charge < -0.3 is 19.9 Å². The Morgan fingerprint density at radius 1 is 1.12 bits per heavy atom. The summed E-state index contributed by atoms with van der Waals surface area (Å²) >= 11 is 0. The SMILES string of the molecule is C/C=C\C=C(/C)C(=O)N1CCN(c2nc(Nc3ccc(OC)cc3)c3cnn(C)c3n2)CC1. The van der Waals surface area contributed by atoms with Crippen molar-refractivity contribution in [1.29, 1.82) is 0 Å². The number of anilines is 3. The molecule has 1 aliphatic rings. The Hall–Kier alpha value is -3.88. The molecular formula is C24H29N7O2. The lowest BCUT2D eigenvalue weighted by Crippen LogP contribution is -2.49. The molecule has 0 bridgehead atoms. The van der Waals surface area contributed by atoms with Crippen LogP contribution >= 0.6 is 0 Å². The molecule has 1 fully saturated rings. The molecule has 0 unspecified atom stereocenters. The third-order valence-corrected chi connectivity index (χ3v) is 5.66. The maximum atomic E-state index is 12.7. The standard InChI is InChI=1S/C24H29N7O2/c1-5-6-7-17(2)23(32)30-12-14-31(15-13-30)24-27-21(20-16-25-29(3)22(20)28-24)26-18-8-10-19(33-4)11-9-18/h5-11,16H,12-15H2,1-4H3,(H,26,27,28)/b6-5-,17-7+. The second-order valence-corrected chi connectivity index (χ2v) is 7.89. The van der Waals surface area contributed by atoms with E-state index in [1.165, 1.54) is 0 Å². The van der Waals surface area contributed by atoms with Gasteiger partial charge in [0, 0.05) is 44.5 Å². The fraction of sp³-hybridized carbons (Fsp3) is 0.333. The Morgan fingerprint density at radius 3 is 2.52 bits per heavy atom. The number of carbonyl (C=O) groups excluding carboxylic acids is 1. The number of aryl methyl sites for hydroxylation is 1. The molecule has 0 atom stereocenters. The Balaban J connectivity index is 1.55. The van der Waals surface area contributed by atoms with E-state index < -0.39 is 0 Å². The van der Waals surface area contributed by atoms with Gasteiger partial charge in [0.25, 0.3) is 0 Å². The number of benzene rings is 1. The first kappa shape index (κ1) is 22.3. The van der Waals surface area contributed by atoms with Gasteiger partial charge in [0.2, 0.25) is 11.9 Å². The molecule has 1 aliphatic heterocycles. The van der Waals surface area contributed by atoms with E-state index in [2.05, 4.69) is 15.3 Å². The molecule has 3 aromatic rings. The minimum atomic E-state index is 0.0672. The van der Waals surface area contributed by atoms with Crippen LogP contribution in [-0.4, -0.2) is 63.8 Å². The van der Waals surface area contributed by atoms with E-state index in [4.69, 9.17) is 14.7 Å². The molecule has 1 saturated heterocycles. The average Bonchev–Trinajstić information content (AvgIpc) is 3.23. The molecule has 3 heterocycles. The summed E-state index contributed by atoms with van der Waals surface area (Å²) in [4.78, 5) is 26.3. The summed E-state index contributed by atoms with van der Waals surface area (Å²) in [7, 11) is 3.51. The normalized spacial score (nSPS) is 14.8. The van der Waals surface area contributed by atoms with Crippen molar-refractivity contribution in [2.45, 2.75) is 13.8 Å². The van der Waals surface area contributed by atoms with Crippen LogP contribution in [0.2, 0.25) is 0 Å². The van der Waals surface area contributed by atoms with Crippen LogP contribution in [0.5, 0.6) is 5.75 Å². The summed E-state index contributed by atoms with van der Waals surface area (Å²) in [5, 5.41) is 8.59. The minimum absolute atomic E-state index is 0.0672. The van der Waals surface area contributed by atoms with Gasteiger partial charge in [-0.1, -0.05) is 18.2 Å². The number of nitrogens with one attached hydrogen (secondary N) is 1. The molecule has 9 heteroatoms. The van der Waals surface area contributed by atoms with Gasteiger partial charge in [-0.05, 0) is 38.1 Å². The lowest BCUT2D eigenvalue weighted by atomic mass is 10.2. The highest BCUT2D eigenvalue weighted by Gasteiger charge is 2.24. The number of amides is 1. The third kappa shape index (κ3) is 4.82. The second-order valence-electron chi connectivity index (χ2n) is 7.89. The first-order valence-corrected chi connectivity index (χ1v) is 10.9. The number of hydrogen-bond acceptors (Lipinski definition) is 7. The molecule has 0 radical (unpaired) electrons. The maximum absolute atomic E-state index is 12.7. The van der Waals surface area contributed by atoms with Gasteiger partial charge in [-0.2, -0.15) is 15.1 Å². The van der Waals surface area contributed by atoms with Crippen molar-refractivity contribution in [2.24, 2.45) is 7.05 Å². The summed E-state index contributed by atoms with van der Waals surface area (Å²) in [5.74, 6) is 2.17. The van der Waals surface area contributed by atoms with E-state index >= 15 is 0 Å². The van der Waals surface area contributed by atoms with Gasteiger partial charge in [-0.3, -0.25) is 9.48 Å². The zero-order valence-electron chi connectivity index (χ0n) is 19.4. The Bertz CT molecular complexity index is 1190. The lowest BCUT2D eigenvalue weighted by Gasteiger charge is -2.35. The van der Waals surface area contributed by atoms with Crippen molar-refractivity contribution in [3.63, 3.8) is 0 Å². The first-order chi connectivity index (χ1) is 16.0. The number of piperazine rings is 1. The van der Waals surface area contributed by atoms with E-state index in [1.807, 2.05) is 68.3 Å². The number of rotatable bonds is 6. The van der Waals surface area contributed by atoms with Gasteiger partial charge in [0.1, 0.15) is 11.6 Å². The number of aromatic nitrogens is 4. The van der Waals surface area contributed by atoms with Crippen LogP contribution in [0.4, 0.5) is 17.5 Å². The zero-order valence-corrected chi connectivity index (χ0v) is 19.4. The van der Waals surface area contributed by atoms with E-state index in [1.54, 1.807) is 18.0 Å². The third-order valence-electron chi connectivity index (χ3n) is 5.66. The highest BCUT2D eigenvalue weighted by molar-refractivity contribution is 5.93. The van der Waals surface area contributed by atoms with Crippen LogP contribution in [0.3, 0.4) is 0 Å². The van der Waals surface area contributed by atoms with E-state index in [9.17, 15) is 4.79 Å². The minimum Gasteiger partial charge on any atom is -0.497 e. The number of nitrogens with zero attached hydrogens (tertiary/aromatic N) is 6. The number of methoxy groups -OCH3 is 1. The average molecular weight is 448 g/mol. The number of ether oxygens (including phenoxy) is 1. The van der Waals surface area contributed by atoms with E-state index in [-0.39, 0.29) is 5.91 Å². The van der Waals surface area contributed by atoms with Crippen LogP contribution in [0.15, 0.2) is 54.3 Å². The Kier molecular flexibility index (Phi) is 6.58. The topological polar surface area (TPSA) is 88.4 Å². The van der Waals surface area contributed by atoms with Gasteiger partial charge >= 0.3 is 0 Å². The lowest BCUT2D eigenvalue weighted by molar-refractivity contribution is -0.127.